The molecule has 0 aliphatic carbocycles. The van der Waals surface area contributed by atoms with Gasteiger partial charge in [-0.2, -0.15) is 0 Å². The highest BCUT2D eigenvalue weighted by Crippen LogP contribution is 2.38. The van der Waals surface area contributed by atoms with Crippen LogP contribution in [0, 0.1) is 6.92 Å². The molecule has 4 nitrogen and oxygen atoms in total. The van der Waals surface area contributed by atoms with Gasteiger partial charge in [0.2, 0.25) is 0 Å². The number of aromatic nitrogens is 1. The quantitative estimate of drug-likeness (QED) is 0.783. The molecule has 1 heterocycles. The van der Waals surface area contributed by atoms with E-state index in [9.17, 15) is 4.79 Å². The third kappa shape index (κ3) is 1.56. The average Bonchev–Trinajstić information content (AvgIpc) is 2.62. The SMILES string of the molecule is COc1ccc(OC)c2c1c(C(C)=O)c(C)n2C. The normalized spacial score (nSPS) is 10.7. The van der Waals surface area contributed by atoms with Crippen molar-refractivity contribution in [1.29, 1.82) is 0 Å². The van der Waals surface area contributed by atoms with Crippen molar-refractivity contribution in [1.82, 2.24) is 4.57 Å². The van der Waals surface area contributed by atoms with E-state index in [0.717, 1.165) is 22.3 Å². The van der Waals surface area contributed by atoms with Gasteiger partial charge in [0, 0.05) is 18.3 Å². The van der Waals surface area contributed by atoms with Crippen LogP contribution in [0.4, 0.5) is 0 Å². The van der Waals surface area contributed by atoms with Gasteiger partial charge in [0.05, 0.1) is 25.1 Å². The number of hydrogen-bond acceptors (Lipinski definition) is 3. The zero-order chi connectivity index (χ0) is 13.4. The zero-order valence-corrected chi connectivity index (χ0v) is 11.3. The summed E-state index contributed by atoms with van der Waals surface area (Å²) in [6.45, 7) is 3.50. The Kier molecular flexibility index (Phi) is 3.03. The molecule has 0 aliphatic rings. The molecule has 18 heavy (non-hydrogen) atoms. The van der Waals surface area contributed by atoms with E-state index in [-0.39, 0.29) is 5.78 Å². The molecule has 0 amide bonds. The van der Waals surface area contributed by atoms with Gasteiger partial charge in [0.1, 0.15) is 11.5 Å². The molecule has 1 aromatic heterocycles. The molecule has 0 unspecified atom stereocenters. The van der Waals surface area contributed by atoms with Crippen LogP contribution in [0.15, 0.2) is 12.1 Å². The molecule has 4 heteroatoms. The van der Waals surface area contributed by atoms with Crippen molar-refractivity contribution in [3.8, 4) is 11.5 Å². The second-order valence-corrected chi connectivity index (χ2v) is 4.27. The Labute approximate surface area is 106 Å². The first-order valence-electron chi connectivity index (χ1n) is 5.73. The van der Waals surface area contributed by atoms with Crippen LogP contribution in [-0.4, -0.2) is 24.6 Å². The van der Waals surface area contributed by atoms with Gasteiger partial charge in [-0.1, -0.05) is 0 Å². The van der Waals surface area contributed by atoms with Crippen LogP contribution in [0.1, 0.15) is 23.0 Å². The van der Waals surface area contributed by atoms with Gasteiger partial charge >= 0.3 is 0 Å². The third-order valence-corrected chi connectivity index (χ3v) is 3.34. The Morgan fingerprint density at radius 2 is 1.72 bits per heavy atom. The van der Waals surface area contributed by atoms with E-state index in [0.29, 0.717) is 11.3 Å². The van der Waals surface area contributed by atoms with E-state index >= 15 is 0 Å². The van der Waals surface area contributed by atoms with Gasteiger partial charge in [-0.3, -0.25) is 4.79 Å². The van der Waals surface area contributed by atoms with Crippen LogP contribution in [0.3, 0.4) is 0 Å². The topological polar surface area (TPSA) is 40.5 Å². The molecule has 0 spiro atoms. The fourth-order valence-corrected chi connectivity index (χ4v) is 2.41. The maximum absolute atomic E-state index is 11.9. The van der Waals surface area contributed by atoms with Gasteiger partial charge < -0.3 is 14.0 Å². The highest BCUT2D eigenvalue weighted by molar-refractivity contribution is 6.12. The summed E-state index contributed by atoms with van der Waals surface area (Å²) >= 11 is 0. The van der Waals surface area contributed by atoms with Gasteiger partial charge in [-0.25, -0.2) is 0 Å². The van der Waals surface area contributed by atoms with Crippen molar-refractivity contribution >= 4 is 16.7 Å². The fourth-order valence-electron chi connectivity index (χ4n) is 2.41. The predicted molar refractivity (Wildman–Crippen MR) is 70.8 cm³/mol. The van der Waals surface area contributed by atoms with E-state index < -0.39 is 0 Å². The Balaban J connectivity index is 3.02. The first-order chi connectivity index (χ1) is 8.52. The molecule has 1 aromatic carbocycles. The van der Waals surface area contributed by atoms with E-state index in [1.807, 2.05) is 30.7 Å². The first-order valence-corrected chi connectivity index (χ1v) is 5.73. The van der Waals surface area contributed by atoms with Crippen LogP contribution in [0.2, 0.25) is 0 Å². The molecule has 0 radical (unpaired) electrons. The second-order valence-electron chi connectivity index (χ2n) is 4.27. The van der Waals surface area contributed by atoms with Crippen molar-refractivity contribution in [3.05, 3.63) is 23.4 Å². The standard InChI is InChI=1S/C14H17NO3/c1-8-12(9(2)16)13-10(17-4)6-7-11(18-5)14(13)15(8)3/h6-7H,1-5H3. The zero-order valence-electron chi connectivity index (χ0n) is 11.3. The van der Waals surface area contributed by atoms with Crippen LogP contribution in [0.5, 0.6) is 11.5 Å². The third-order valence-electron chi connectivity index (χ3n) is 3.34. The second kappa shape index (κ2) is 4.37. The number of nitrogens with zero attached hydrogens (tertiary/aromatic N) is 1. The van der Waals surface area contributed by atoms with E-state index in [4.69, 9.17) is 9.47 Å². The summed E-state index contributed by atoms with van der Waals surface area (Å²) in [4.78, 5) is 11.9. The number of carbonyl (C=O) groups is 1. The molecule has 0 bridgehead atoms. The lowest BCUT2D eigenvalue weighted by atomic mass is 10.1. The van der Waals surface area contributed by atoms with E-state index in [1.54, 1.807) is 21.1 Å². The number of carbonyl (C=O) groups excluding carboxylic acids is 1. The Morgan fingerprint density at radius 3 is 2.22 bits per heavy atom. The average molecular weight is 247 g/mol. The summed E-state index contributed by atoms with van der Waals surface area (Å²) in [5, 5.41) is 0.823. The lowest BCUT2D eigenvalue weighted by Crippen LogP contribution is -1.97. The maximum Gasteiger partial charge on any atom is 0.162 e. The van der Waals surface area contributed by atoms with Crippen LogP contribution in [-0.2, 0) is 7.05 Å². The number of methoxy groups -OCH3 is 2. The number of rotatable bonds is 3. The molecule has 0 saturated carbocycles. The minimum absolute atomic E-state index is 0.0321. The number of ether oxygens (including phenoxy) is 2. The van der Waals surface area contributed by atoms with E-state index in [1.165, 1.54) is 0 Å². The van der Waals surface area contributed by atoms with Crippen molar-refractivity contribution < 1.29 is 14.3 Å². The summed E-state index contributed by atoms with van der Waals surface area (Å²) in [6.07, 6.45) is 0. The van der Waals surface area contributed by atoms with Crippen molar-refractivity contribution in [2.24, 2.45) is 7.05 Å². The van der Waals surface area contributed by atoms with Crippen LogP contribution >= 0.6 is 0 Å². The van der Waals surface area contributed by atoms with Crippen molar-refractivity contribution in [2.75, 3.05) is 14.2 Å². The van der Waals surface area contributed by atoms with Crippen LogP contribution in [0.25, 0.3) is 10.9 Å². The summed E-state index contributed by atoms with van der Waals surface area (Å²) in [6, 6.07) is 3.68. The molecule has 0 aliphatic heterocycles. The van der Waals surface area contributed by atoms with E-state index in [2.05, 4.69) is 0 Å². The lowest BCUT2D eigenvalue weighted by molar-refractivity contribution is 0.101. The molecule has 96 valence electrons. The van der Waals surface area contributed by atoms with Crippen molar-refractivity contribution in [3.63, 3.8) is 0 Å². The molecule has 2 rings (SSSR count). The largest absolute Gasteiger partial charge is 0.496 e. The van der Waals surface area contributed by atoms with Crippen LogP contribution < -0.4 is 9.47 Å². The molecule has 2 aromatic rings. The summed E-state index contributed by atoms with van der Waals surface area (Å²) in [7, 11) is 5.15. The van der Waals surface area contributed by atoms with Gasteiger partial charge in [0.15, 0.2) is 5.78 Å². The molecular formula is C14H17NO3. The highest BCUT2D eigenvalue weighted by Gasteiger charge is 2.21. The predicted octanol–water partition coefficient (Wildman–Crippen LogP) is 2.71. The van der Waals surface area contributed by atoms with Gasteiger partial charge in [-0.15, -0.1) is 0 Å². The number of fused-ring (bicyclic) bond motifs is 1. The molecular weight excluding hydrogens is 230 g/mol. The Hall–Kier alpha value is -1.97. The molecule has 0 atom stereocenters. The smallest absolute Gasteiger partial charge is 0.162 e. The first kappa shape index (κ1) is 12.5. The number of aryl methyl sites for hydroxylation is 1. The molecule has 0 N–H and O–H groups in total. The minimum Gasteiger partial charge on any atom is -0.496 e. The minimum atomic E-state index is 0.0321. The van der Waals surface area contributed by atoms with Gasteiger partial charge in [0.25, 0.3) is 0 Å². The Bertz CT molecular complexity index is 626. The summed E-state index contributed by atoms with van der Waals surface area (Å²) < 4.78 is 12.7. The molecule has 0 saturated heterocycles. The highest BCUT2D eigenvalue weighted by atomic mass is 16.5. The number of ketones is 1. The lowest BCUT2D eigenvalue weighted by Gasteiger charge is -2.08. The summed E-state index contributed by atoms with van der Waals surface area (Å²) in [5.74, 6) is 1.47. The fraction of sp³-hybridized carbons (Fsp3) is 0.357. The summed E-state index contributed by atoms with van der Waals surface area (Å²) in [5.41, 5.74) is 2.50. The van der Waals surface area contributed by atoms with Crippen molar-refractivity contribution in [2.45, 2.75) is 13.8 Å². The number of benzene rings is 1. The Morgan fingerprint density at radius 1 is 1.17 bits per heavy atom. The monoisotopic (exact) mass is 247 g/mol. The molecule has 0 fully saturated rings. The number of Topliss-reactive ketones (excluding diaryl/α,β-unsaturated/α-hetero) is 1. The number of hydrogen-bond donors (Lipinski definition) is 0. The maximum atomic E-state index is 11.9. The van der Waals surface area contributed by atoms with Gasteiger partial charge in [-0.05, 0) is 26.0 Å².